The minimum Gasteiger partial charge on any atom is -0.369 e. The van der Waals surface area contributed by atoms with Crippen LogP contribution in [0.5, 0.6) is 0 Å². The number of rotatable bonds is 1. The van der Waals surface area contributed by atoms with Crippen molar-refractivity contribution in [1.29, 1.82) is 0 Å². The van der Waals surface area contributed by atoms with Gasteiger partial charge in [-0.2, -0.15) is 0 Å². The Kier molecular flexibility index (Phi) is 3.22. The van der Waals surface area contributed by atoms with Gasteiger partial charge in [0.05, 0.1) is 21.2 Å². The van der Waals surface area contributed by atoms with Gasteiger partial charge in [-0.1, -0.05) is 0 Å². The van der Waals surface area contributed by atoms with Crippen LogP contribution in [0.3, 0.4) is 0 Å². The molecule has 1 aromatic heterocycles. The molecule has 0 radical (unpaired) electrons. The Morgan fingerprint density at radius 1 is 1.21 bits per heavy atom. The molecule has 1 heterocycles. The summed E-state index contributed by atoms with van der Waals surface area (Å²) in [5.41, 5.74) is 8.25. The maximum atomic E-state index is 13.6. The molecule has 0 atom stereocenters. The zero-order valence-corrected chi connectivity index (χ0v) is 13.3. The van der Waals surface area contributed by atoms with Gasteiger partial charge in [0, 0.05) is 3.57 Å². The van der Waals surface area contributed by atoms with E-state index in [4.69, 9.17) is 5.73 Å². The first-order valence-electron chi connectivity index (χ1n) is 5.45. The topological polar surface area (TPSA) is 43.8 Å². The van der Waals surface area contributed by atoms with E-state index in [1.165, 1.54) is 6.07 Å². The highest BCUT2D eigenvalue weighted by molar-refractivity contribution is 14.1. The summed E-state index contributed by atoms with van der Waals surface area (Å²) in [5, 5.41) is 0. The molecule has 19 heavy (non-hydrogen) atoms. The lowest BCUT2D eigenvalue weighted by Crippen LogP contribution is -2.01. The second-order valence-electron chi connectivity index (χ2n) is 4.04. The Labute approximate surface area is 130 Å². The number of fused-ring (bicyclic) bond motifs is 1. The van der Waals surface area contributed by atoms with Gasteiger partial charge in [-0.3, -0.25) is 4.57 Å². The van der Waals surface area contributed by atoms with Crippen LogP contribution in [0, 0.1) is 9.39 Å². The lowest BCUT2D eigenvalue weighted by Gasteiger charge is -2.07. The number of nitrogen functional groups attached to an aromatic ring is 1. The molecule has 3 nitrogen and oxygen atoms in total. The first-order valence-corrected chi connectivity index (χ1v) is 7.32. The number of benzene rings is 2. The molecule has 0 aliphatic rings. The van der Waals surface area contributed by atoms with Crippen LogP contribution >= 0.6 is 38.5 Å². The van der Waals surface area contributed by atoms with Crippen LogP contribution in [0.15, 0.2) is 40.9 Å². The molecule has 2 N–H and O–H groups in total. The van der Waals surface area contributed by atoms with Crippen LogP contribution < -0.4 is 5.73 Å². The van der Waals surface area contributed by atoms with Crippen molar-refractivity contribution < 1.29 is 4.39 Å². The highest BCUT2D eigenvalue weighted by Gasteiger charge is 2.11. The second-order valence-corrected chi connectivity index (χ2v) is 6.14. The van der Waals surface area contributed by atoms with Gasteiger partial charge < -0.3 is 5.73 Å². The van der Waals surface area contributed by atoms with Crippen molar-refractivity contribution in [1.82, 2.24) is 9.55 Å². The summed E-state index contributed by atoms with van der Waals surface area (Å²) in [6.07, 6.45) is 0. The predicted octanol–water partition coefficient (Wildman–Crippen LogP) is 4.11. The van der Waals surface area contributed by atoms with E-state index in [1.54, 1.807) is 16.7 Å². The molecule has 0 aliphatic carbocycles. The van der Waals surface area contributed by atoms with Crippen LogP contribution in [0.1, 0.15) is 0 Å². The molecule has 0 aliphatic heterocycles. The minimum absolute atomic E-state index is 0.329. The fraction of sp³-hybridized carbons (Fsp3) is 0. The van der Waals surface area contributed by atoms with E-state index in [0.29, 0.717) is 16.1 Å². The molecule has 0 amide bonds. The van der Waals surface area contributed by atoms with E-state index in [1.807, 2.05) is 18.2 Å². The summed E-state index contributed by atoms with van der Waals surface area (Å²) in [6.45, 7) is 0. The van der Waals surface area contributed by atoms with Crippen molar-refractivity contribution >= 4 is 55.5 Å². The van der Waals surface area contributed by atoms with E-state index >= 15 is 0 Å². The number of nitrogens with zero attached hydrogens (tertiary/aromatic N) is 2. The molecule has 6 heteroatoms. The molecule has 0 spiro atoms. The smallest absolute Gasteiger partial charge is 0.205 e. The van der Waals surface area contributed by atoms with Gasteiger partial charge in [-0.05, 0) is 74.9 Å². The number of anilines is 1. The molecule has 96 valence electrons. The second kappa shape index (κ2) is 4.75. The number of hydrogen-bond donors (Lipinski definition) is 1. The number of hydrogen-bond acceptors (Lipinski definition) is 2. The third-order valence-electron chi connectivity index (χ3n) is 2.80. The molecule has 2 aromatic carbocycles. The maximum absolute atomic E-state index is 13.6. The monoisotopic (exact) mass is 431 g/mol. The highest BCUT2D eigenvalue weighted by Crippen LogP contribution is 2.26. The lowest BCUT2D eigenvalue weighted by atomic mass is 10.2. The summed E-state index contributed by atoms with van der Waals surface area (Å²) >= 11 is 5.36. The Bertz CT molecular complexity index is 785. The maximum Gasteiger partial charge on any atom is 0.205 e. The van der Waals surface area contributed by atoms with E-state index < -0.39 is 0 Å². The van der Waals surface area contributed by atoms with E-state index in [-0.39, 0.29) is 5.82 Å². The van der Waals surface area contributed by atoms with Gasteiger partial charge in [-0.15, -0.1) is 0 Å². The molecular weight excluding hydrogens is 424 g/mol. The average molecular weight is 432 g/mol. The largest absolute Gasteiger partial charge is 0.369 e. The SMILES string of the molecule is Nc1nc2cc(I)ccc2n1-c1ccc(Br)c(F)c1. The zero-order valence-electron chi connectivity index (χ0n) is 9.57. The summed E-state index contributed by atoms with van der Waals surface area (Å²) in [6, 6.07) is 10.7. The lowest BCUT2D eigenvalue weighted by molar-refractivity contribution is 0.620. The zero-order chi connectivity index (χ0) is 13.6. The molecular formula is C13H8BrFIN3. The molecule has 0 saturated carbocycles. The van der Waals surface area contributed by atoms with Crippen LogP contribution in [-0.2, 0) is 0 Å². The van der Waals surface area contributed by atoms with Crippen LogP contribution in [-0.4, -0.2) is 9.55 Å². The number of imidazole rings is 1. The highest BCUT2D eigenvalue weighted by atomic mass is 127. The Morgan fingerprint density at radius 2 is 2.00 bits per heavy atom. The minimum atomic E-state index is -0.329. The Balaban J connectivity index is 2.29. The number of nitrogens with two attached hydrogens (primary N) is 1. The first kappa shape index (κ1) is 12.9. The van der Waals surface area contributed by atoms with Crippen molar-refractivity contribution in [3.63, 3.8) is 0 Å². The van der Waals surface area contributed by atoms with Crippen molar-refractivity contribution in [2.45, 2.75) is 0 Å². The van der Waals surface area contributed by atoms with Crippen LogP contribution in [0.4, 0.5) is 10.3 Å². The van der Waals surface area contributed by atoms with Gasteiger partial charge in [0.2, 0.25) is 5.95 Å². The van der Waals surface area contributed by atoms with Crippen molar-refractivity contribution in [2.24, 2.45) is 0 Å². The van der Waals surface area contributed by atoms with Crippen molar-refractivity contribution in [3.05, 3.63) is 50.3 Å². The van der Waals surface area contributed by atoms with Crippen LogP contribution in [0.2, 0.25) is 0 Å². The standard InChI is InChI=1S/C13H8BrFIN3/c14-9-3-2-8(6-10(9)15)19-12-4-1-7(16)5-11(12)18-13(19)17/h1-6H,(H2,17,18). The summed E-state index contributed by atoms with van der Waals surface area (Å²) in [5.74, 6) is 0.0167. The molecule has 3 rings (SSSR count). The van der Waals surface area contributed by atoms with E-state index in [0.717, 1.165) is 14.6 Å². The molecule has 0 bridgehead atoms. The Hall–Kier alpha value is -1.15. The van der Waals surface area contributed by atoms with Gasteiger partial charge in [0.1, 0.15) is 5.82 Å². The summed E-state index contributed by atoms with van der Waals surface area (Å²) in [7, 11) is 0. The fourth-order valence-corrected chi connectivity index (χ4v) is 2.69. The molecule has 0 saturated heterocycles. The predicted molar refractivity (Wildman–Crippen MR) is 85.9 cm³/mol. The molecule has 0 fully saturated rings. The summed E-state index contributed by atoms with van der Waals surface area (Å²) < 4.78 is 16.9. The van der Waals surface area contributed by atoms with Gasteiger partial charge in [-0.25, -0.2) is 9.37 Å². The number of halogens is 3. The third kappa shape index (κ3) is 2.23. The summed E-state index contributed by atoms with van der Waals surface area (Å²) in [4.78, 5) is 4.30. The quantitative estimate of drug-likeness (QED) is 0.589. The molecule has 0 unspecified atom stereocenters. The molecule has 3 aromatic rings. The fourth-order valence-electron chi connectivity index (χ4n) is 1.97. The van der Waals surface area contributed by atoms with Crippen LogP contribution in [0.25, 0.3) is 16.7 Å². The normalized spacial score (nSPS) is 11.1. The van der Waals surface area contributed by atoms with Gasteiger partial charge in [0.25, 0.3) is 0 Å². The number of aromatic nitrogens is 2. The van der Waals surface area contributed by atoms with E-state index in [2.05, 4.69) is 43.5 Å². The van der Waals surface area contributed by atoms with Gasteiger partial charge in [0.15, 0.2) is 0 Å². The first-order chi connectivity index (χ1) is 9.06. The third-order valence-corrected chi connectivity index (χ3v) is 4.12. The van der Waals surface area contributed by atoms with E-state index in [9.17, 15) is 4.39 Å². The van der Waals surface area contributed by atoms with Crippen molar-refractivity contribution in [3.8, 4) is 5.69 Å². The Morgan fingerprint density at radius 3 is 2.74 bits per heavy atom. The van der Waals surface area contributed by atoms with Crippen molar-refractivity contribution in [2.75, 3.05) is 5.73 Å². The average Bonchev–Trinajstić information content (AvgIpc) is 2.68. The van der Waals surface area contributed by atoms with Gasteiger partial charge >= 0.3 is 0 Å².